The first kappa shape index (κ1) is 24.0. The van der Waals surface area contributed by atoms with Gasteiger partial charge in [-0.2, -0.15) is 5.06 Å². The largest absolute Gasteiger partial charge is 0.476 e. The van der Waals surface area contributed by atoms with Crippen LogP contribution in [-0.2, 0) is 11.3 Å². The van der Waals surface area contributed by atoms with E-state index in [1.807, 2.05) is 6.07 Å². The number of benzene rings is 2. The zero-order chi connectivity index (χ0) is 24.8. The highest BCUT2D eigenvalue weighted by Crippen LogP contribution is 2.35. The lowest BCUT2D eigenvalue weighted by molar-refractivity contribution is -0.120. The van der Waals surface area contributed by atoms with Crippen molar-refractivity contribution in [3.63, 3.8) is 0 Å². The number of aromatic carboxylic acids is 1. The van der Waals surface area contributed by atoms with Gasteiger partial charge in [0.05, 0.1) is 0 Å². The van der Waals surface area contributed by atoms with Crippen LogP contribution in [0.3, 0.4) is 0 Å². The summed E-state index contributed by atoms with van der Waals surface area (Å²) in [6, 6.07) is 14.6. The van der Waals surface area contributed by atoms with Crippen LogP contribution in [0, 0.1) is 5.92 Å². The summed E-state index contributed by atoms with van der Waals surface area (Å²) < 4.78 is 5.23. The number of carboxylic acids is 1. The minimum Gasteiger partial charge on any atom is -0.476 e. The summed E-state index contributed by atoms with van der Waals surface area (Å²) >= 11 is 0. The minimum atomic E-state index is -1.48. The molecule has 10 heteroatoms. The van der Waals surface area contributed by atoms with Gasteiger partial charge in [0.25, 0.3) is 0 Å². The third kappa shape index (κ3) is 5.67. The number of rotatable bonds is 7. The van der Waals surface area contributed by atoms with Gasteiger partial charge in [0.15, 0.2) is 11.4 Å². The smallest absolute Gasteiger partial charge is 0.360 e. The van der Waals surface area contributed by atoms with Gasteiger partial charge < -0.3 is 20.3 Å². The number of hydrogen-bond donors (Lipinski definition) is 4. The van der Waals surface area contributed by atoms with E-state index in [-0.39, 0.29) is 29.2 Å². The van der Waals surface area contributed by atoms with Gasteiger partial charge in [-0.1, -0.05) is 66.9 Å². The Morgan fingerprint density at radius 1 is 1.03 bits per heavy atom. The monoisotopic (exact) mass is 478 g/mol. The van der Waals surface area contributed by atoms with Crippen molar-refractivity contribution in [1.29, 1.82) is 0 Å². The maximum absolute atomic E-state index is 12.6. The zero-order valence-corrected chi connectivity index (χ0v) is 18.9. The van der Waals surface area contributed by atoms with Crippen molar-refractivity contribution >= 4 is 29.3 Å². The molecule has 0 atom stereocenters. The molecule has 1 fully saturated rings. The van der Waals surface area contributed by atoms with Crippen LogP contribution in [0.5, 0.6) is 0 Å². The summed E-state index contributed by atoms with van der Waals surface area (Å²) in [5.74, 6) is -1.73. The molecule has 1 aliphatic rings. The van der Waals surface area contributed by atoms with E-state index in [0.717, 1.165) is 37.7 Å². The Morgan fingerprint density at radius 3 is 2.49 bits per heavy atom. The maximum atomic E-state index is 12.6. The Labute approximate surface area is 201 Å². The molecule has 0 saturated heterocycles. The highest BCUT2D eigenvalue weighted by molar-refractivity contribution is 6.03. The minimum absolute atomic E-state index is 0.0481. The molecule has 0 unspecified atom stereocenters. The van der Waals surface area contributed by atoms with Gasteiger partial charge in [-0.25, -0.2) is 9.59 Å². The Morgan fingerprint density at radius 2 is 1.77 bits per heavy atom. The number of hydroxylamine groups is 1. The van der Waals surface area contributed by atoms with Gasteiger partial charge in [-0.05, 0) is 30.5 Å². The number of amides is 3. The van der Waals surface area contributed by atoms with Crippen molar-refractivity contribution in [3.05, 3.63) is 65.9 Å². The summed E-state index contributed by atoms with van der Waals surface area (Å²) in [4.78, 5) is 37.0. The molecule has 2 aromatic carbocycles. The molecule has 1 saturated carbocycles. The van der Waals surface area contributed by atoms with Gasteiger partial charge >= 0.3 is 12.0 Å². The fraction of sp³-hybridized carbons (Fsp3) is 0.280. The molecular formula is C25H26N4O6. The fourth-order valence-electron chi connectivity index (χ4n) is 4.11. The van der Waals surface area contributed by atoms with Crippen molar-refractivity contribution in [2.24, 2.45) is 5.92 Å². The molecule has 3 amide bonds. The fourth-order valence-corrected chi connectivity index (χ4v) is 4.11. The standard InChI is InChI=1S/C25H26N4O6/c30-23(17-10-5-2-6-11-17)27-19-13-7-12-18(14-19)22-21(20(24(31)32)28-35-22)29(34)25(33)26-15-16-8-3-1-4-9-16/h1,3-4,7-9,12-14,17,34H,2,5-6,10-11,15H2,(H,26,33)(H,27,30)(H,31,32). The van der Waals surface area contributed by atoms with Crippen LogP contribution in [0.25, 0.3) is 11.3 Å². The lowest BCUT2D eigenvalue weighted by Gasteiger charge is -2.21. The Bertz CT molecular complexity index is 1200. The normalized spacial score (nSPS) is 13.7. The Kier molecular flexibility index (Phi) is 7.41. The van der Waals surface area contributed by atoms with Crippen molar-refractivity contribution in [1.82, 2.24) is 10.5 Å². The molecule has 0 bridgehead atoms. The summed E-state index contributed by atoms with van der Waals surface area (Å²) in [5, 5.41) is 29.3. The van der Waals surface area contributed by atoms with E-state index in [1.165, 1.54) is 0 Å². The number of carbonyl (C=O) groups excluding carboxylic acids is 2. The van der Waals surface area contributed by atoms with Gasteiger partial charge in [0, 0.05) is 23.7 Å². The van der Waals surface area contributed by atoms with Gasteiger partial charge in [-0.15, -0.1) is 0 Å². The number of urea groups is 1. The number of nitrogens with zero attached hydrogens (tertiary/aromatic N) is 2. The maximum Gasteiger partial charge on any atom is 0.360 e. The summed E-state index contributed by atoms with van der Waals surface area (Å²) in [7, 11) is 0. The van der Waals surface area contributed by atoms with Crippen LogP contribution in [0.1, 0.15) is 48.2 Å². The van der Waals surface area contributed by atoms with Crippen LogP contribution in [0.15, 0.2) is 59.1 Å². The summed E-state index contributed by atoms with van der Waals surface area (Å²) in [5.41, 5.74) is 0.555. The predicted molar refractivity (Wildman–Crippen MR) is 127 cm³/mol. The average molecular weight is 479 g/mol. The molecule has 0 spiro atoms. The van der Waals surface area contributed by atoms with Crippen LogP contribution in [0.4, 0.5) is 16.2 Å². The molecule has 4 N–H and O–H groups in total. The molecule has 1 heterocycles. The molecule has 1 aromatic heterocycles. The first-order valence-corrected chi connectivity index (χ1v) is 11.4. The van der Waals surface area contributed by atoms with E-state index >= 15 is 0 Å². The molecule has 10 nitrogen and oxygen atoms in total. The number of aromatic nitrogens is 1. The van der Waals surface area contributed by atoms with Crippen LogP contribution < -0.4 is 15.7 Å². The number of nitrogens with one attached hydrogen (secondary N) is 2. The Balaban J connectivity index is 1.56. The number of hydrogen-bond acceptors (Lipinski definition) is 6. The quantitative estimate of drug-likeness (QED) is 0.285. The highest BCUT2D eigenvalue weighted by atomic mass is 16.5. The lowest BCUT2D eigenvalue weighted by atomic mass is 9.88. The molecule has 4 rings (SSSR count). The highest BCUT2D eigenvalue weighted by Gasteiger charge is 2.30. The van der Waals surface area contributed by atoms with Crippen LogP contribution in [0.2, 0.25) is 0 Å². The number of carbonyl (C=O) groups is 3. The molecule has 1 aliphatic carbocycles. The SMILES string of the molecule is O=C(O)c1noc(-c2cccc(NC(=O)C3CCCCC3)c2)c1N(O)C(=O)NCc1ccccc1. The van der Waals surface area contributed by atoms with E-state index in [1.54, 1.807) is 48.5 Å². The number of carboxylic acid groups (broad SMARTS) is 1. The first-order valence-electron chi connectivity index (χ1n) is 11.4. The van der Waals surface area contributed by atoms with E-state index < -0.39 is 23.4 Å². The topological polar surface area (TPSA) is 145 Å². The first-order chi connectivity index (χ1) is 16.9. The molecule has 35 heavy (non-hydrogen) atoms. The molecule has 3 aromatic rings. The molecule has 182 valence electrons. The van der Waals surface area contributed by atoms with Gasteiger partial charge in [0.2, 0.25) is 11.6 Å². The van der Waals surface area contributed by atoms with E-state index in [2.05, 4.69) is 15.8 Å². The summed E-state index contributed by atoms with van der Waals surface area (Å²) in [6.07, 6.45) is 4.87. The predicted octanol–water partition coefficient (Wildman–Crippen LogP) is 4.66. The zero-order valence-electron chi connectivity index (χ0n) is 18.9. The Hall–Kier alpha value is -4.18. The van der Waals surface area contributed by atoms with Gasteiger partial charge in [-0.3, -0.25) is 10.0 Å². The molecule has 0 radical (unpaired) electrons. The summed E-state index contributed by atoms with van der Waals surface area (Å²) in [6.45, 7) is 0.114. The molecular weight excluding hydrogens is 452 g/mol. The second kappa shape index (κ2) is 10.8. The third-order valence-electron chi connectivity index (χ3n) is 5.93. The lowest BCUT2D eigenvalue weighted by Crippen LogP contribution is -2.38. The van der Waals surface area contributed by atoms with Crippen LogP contribution in [-0.4, -0.2) is 33.4 Å². The number of anilines is 2. The van der Waals surface area contributed by atoms with Crippen molar-refractivity contribution in [3.8, 4) is 11.3 Å². The second-order valence-corrected chi connectivity index (χ2v) is 8.38. The van der Waals surface area contributed by atoms with Crippen molar-refractivity contribution < 1.29 is 29.2 Å². The van der Waals surface area contributed by atoms with Crippen LogP contribution >= 0.6 is 0 Å². The van der Waals surface area contributed by atoms with Crippen molar-refractivity contribution in [2.75, 3.05) is 10.4 Å². The average Bonchev–Trinajstić information content (AvgIpc) is 3.34. The second-order valence-electron chi connectivity index (χ2n) is 8.38. The van der Waals surface area contributed by atoms with E-state index in [4.69, 9.17) is 4.52 Å². The van der Waals surface area contributed by atoms with Gasteiger partial charge in [0.1, 0.15) is 0 Å². The third-order valence-corrected chi connectivity index (χ3v) is 5.93. The van der Waals surface area contributed by atoms with E-state index in [9.17, 15) is 24.7 Å². The molecule has 0 aliphatic heterocycles. The van der Waals surface area contributed by atoms with Crippen molar-refractivity contribution in [2.45, 2.75) is 38.6 Å². The van der Waals surface area contributed by atoms with E-state index in [0.29, 0.717) is 11.3 Å².